The summed E-state index contributed by atoms with van der Waals surface area (Å²) in [5.74, 6) is 1.49. The van der Waals surface area contributed by atoms with Crippen molar-refractivity contribution in [1.82, 2.24) is 20.2 Å². The number of benzene rings is 1. The summed E-state index contributed by atoms with van der Waals surface area (Å²) in [6, 6.07) is 10.00. The lowest BCUT2D eigenvalue weighted by atomic mass is 10.2. The van der Waals surface area contributed by atoms with E-state index in [0.29, 0.717) is 37.1 Å². The summed E-state index contributed by atoms with van der Waals surface area (Å²) >= 11 is 0. The number of carbonyl (C=O) groups is 2. The van der Waals surface area contributed by atoms with E-state index in [1.54, 1.807) is 37.6 Å². The Hall–Kier alpha value is -3.59. The van der Waals surface area contributed by atoms with Gasteiger partial charge in [-0.2, -0.15) is 0 Å². The number of hydrogen-bond donors (Lipinski definition) is 3. The third-order valence-corrected chi connectivity index (χ3v) is 4.04. The number of fused-ring (bicyclic) bond motifs is 1. The second-order valence-corrected chi connectivity index (χ2v) is 6.02. The summed E-state index contributed by atoms with van der Waals surface area (Å²) < 4.78 is 12.6. The number of urea groups is 1. The first-order valence-electron chi connectivity index (χ1n) is 9.20. The van der Waals surface area contributed by atoms with E-state index in [0.717, 1.165) is 10.9 Å². The quantitative estimate of drug-likeness (QED) is 0.531. The van der Waals surface area contributed by atoms with Gasteiger partial charge in [-0.05, 0) is 37.3 Å². The highest BCUT2D eigenvalue weighted by Crippen LogP contribution is 2.27. The van der Waals surface area contributed by atoms with Crippen LogP contribution in [-0.4, -0.2) is 48.4 Å². The van der Waals surface area contributed by atoms with Crippen LogP contribution in [0, 0.1) is 0 Å². The van der Waals surface area contributed by atoms with Crippen LogP contribution in [0.3, 0.4) is 0 Å². The van der Waals surface area contributed by atoms with Crippen LogP contribution in [0.25, 0.3) is 10.9 Å². The molecule has 3 rings (SSSR count). The van der Waals surface area contributed by atoms with Crippen molar-refractivity contribution in [3.8, 4) is 11.5 Å². The smallest absolute Gasteiger partial charge is 0.325 e. The van der Waals surface area contributed by atoms with Crippen LogP contribution in [0.5, 0.6) is 11.5 Å². The van der Waals surface area contributed by atoms with E-state index in [-0.39, 0.29) is 12.1 Å². The maximum atomic E-state index is 11.9. The third kappa shape index (κ3) is 5.23. The minimum atomic E-state index is -0.369. The van der Waals surface area contributed by atoms with E-state index in [9.17, 15) is 9.59 Å². The van der Waals surface area contributed by atoms with Crippen LogP contribution in [0.4, 0.5) is 15.4 Å². The second kappa shape index (κ2) is 9.56. The van der Waals surface area contributed by atoms with E-state index in [1.807, 2.05) is 25.1 Å². The Morgan fingerprint density at radius 2 is 1.97 bits per heavy atom. The molecule has 29 heavy (non-hydrogen) atoms. The topological polar surface area (TPSA) is 107 Å². The molecular weight excluding hydrogens is 374 g/mol. The molecule has 2 aromatic heterocycles. The molecule has 152 valence electrons. The number of rotatable bonds is 7. The predicted octanol–water partition coefficient (Wildman–Crippen LogP) is 3.17. The van der Waals surface area contributed by atoms with Crippen LogP contribution in [0.15, 0.2) is 48.8 Å². The number of ether oxygens (including phenoxy) is 2. The first-order valence-corrected chi connectivity index (χ1v) is 9.20. The summed E-state index contributed by atoms with van der Waals surface area (Å²) in [7, 11) is 1.58. The Balaban J connectivity index is 1.65. The van der Waals surface area contributed by atoms with Crippen molar-refractivity contribution in [1.29, 1.82) is 0 Å². The standard InChI is InChI=1S/C20H23N5O4/c1-3-28-11-9-23-19(26)24-18-13-16(6-8-22-18)29-15-4-5-17-14(12-15)7-10-25(17)20(27)21-2/h4-8,10,12-13H,3,9,11H2,1-2H3,(H,21,27)(H2,22,23,24,26). The molecule has 3 aromatic rings. The van der Waals surface area contributed by atoms with Gasteiger partial charge in [-0.25, -0.2) is 14.6 Å². The zero-order valence-corrected chi connectivity index (χ0v) is 16.3. The second-order valence-electron chi connectivity index (χ2n) is 6.02. The van der Waals surface area contributed by atoms with Crippen molar-refractivity contribution in [2.24, 2.45) is 0 Å². The molecule has 3 amide bonds. The highest BCUT2D eigenvalue weighted by Gasteiger charge is 2.09. The molecule has 9 nitrogen and oxygen atoms in total. The first-order chi connectivity index (χ1) is 14.1. The van der Waals surface area contributed by atoms with Crippen LogP contribution >= 0.6 is 0 Å². The molecule has 1 aromatic carbocycles. The number of hydrogen-bond acceptors (Lipinski definition) is 5. The molecule has 0 unspecified atom stereocenters. The molecule has 0 saturated heterocycles. The number of aromatic nitrogens is 2. The number of anilines is 1. The molecule has 3 N–H and O–H groups in total. The Bertz CT molecular complexity index is 1000. The molecule has 0 radical (unpaired) electrons. The minimum Gasteiger partial charge on any atom is -0.457 e. The van der Waals surface area contributed by atoms with Gasteiger partial charge in [0.2, 0.25) is 0 Å². The fourth-order valence-electron chi connectivity index (χ4n) is 2.70. The van der Waals surface area contributed by atoms with Gasteiger partial charge < -0.3 is 20.1 Å². The lowest BCUT2D eigenvalue weighted by Crippen LogP contribution is -2.31. The van der Waals surface area contributed by atoms with Gasteiger partial charge in [-0.15, -0.1) is 0 Å². The molecule has 0 aliphatic rings. The van der Waals surface area contributed by atoms with E-state index in [1.165, 1.54) is 4.57 Å². The van der Waals surface area contributed by atoms with Crippen molar-refractivity contribution < 1.29 is 19.1 Å². The lowest BCUT2D eigenvalue weighted by Gasteiger charge is -2.10. The van der Waals surface area contributed by atoms with E-state index < -0.39 is 0 Å². The number of carbonyl (C=O) groups excluding carboxylic acids is 2. The summed E-state index contributed by atoms with van der Waals surface area (Å²) in [5, 5.41) is 8.79. The Labute approximate surface area is 168 Å². The van der Waals surface area contributed by atoms with Gasteiger partial charge in [0.25, 0.3) is 0 Å². The predicted molar refractivity (Wildman–Crippen MR) is 110 cm³/mol. The molecule has 0 bridgehead atoms. The fourth-order valence-corrected chi connectivity index (χ4v) is 2.70. The zero-order valence-electron chi connectivity index (χ0n) is 16.3. The number of nitrogens with zero attached hydrogens (tertiary/aromatic N) is 2. The van der Waals surface area contributed by atoms with Crippen molar-refractivity contribution in [2.45, 2.75) is 6.92 Å². The summed E-state index contributed by atoms with van der Waals surface area (Å²) in [4.78, 5) is 27.9. The Morgan fingerprint density at radius 1 is 1.14 bits per heavy atom. The minimum absolute atomic E-state index is 0.210. The fraction of sp³-hybridized carbons (Fsp3) is 0.250. The average molecular weight is 397 g/mol. The summed E-state index contributed by atoms with van der Waals surface area (Å²) in [6.45, 7) is 3.35. The van der Waals surface area contributed by atoms with Crippen LogP contribution in [0.1, 0.15) is 6.92 Å². The molecule has 0 atom stereocenters. The maximum absolute atomic E-state index is 11.9. The normalized spacial score (nSPS) is 10.6. The largest absolute Gasteiger partial charge is 0.457 e. The van der Waals surface area contributed by atoms with E-state index in [2.05, 4.69) is 20.9 Å². The van der Waals surface area contributed by atoms with Crippen molar-refractivity contribution in [3.05, 3.63) is 48.8 Å². The molecule has 0 fully saturated rings. The molecule has 9 heteroatoms. The lowest BCUT2D eigenvalue weighted by molar-refractivity contribution is 0.150. The van der Waals surface area contributed by atoms with Crippen molar-refractivity contribution >= 4 is 28.8 Å². The van der Waals surface area contributed by atoms with Crippen LogP contribution in [-0.2, 0) is 4.74 Å². The van der Waals surface area contributed by atoms with Crippen molar-refractivity contribution in [3.63, 3.8) is 0 Å². The molecule has 0 spiro atoms. The highest BCUT2D eigenvalue weighted by atomic mass is 16.5. The Morgan fingerprint density at radius 3 is 2.76 bits per heavy atom. The highest BCUT2D eigenvalue weighted by molar-refractivity contribution is 5.92. The number of pyridine rings is 1. The van der Waals surface area contributed by atoms with E-state index >= 15 is 0 Å². The SMILES string of the molecule is CCOCCNC(=O)Nc1cc(Oc2ccc3c(ccn3C(=O)NC)c2)ccn1. The van der Waals surface area contributed by atoms with Crippen LogP contribution < -0.4 is 20.7 Å². The molecule has 0 aliphatic carbocycles. The molecule has 0 saturated carbocycles. The zero-order chi connectivity index (χ0) is 20.6. The maximum Gasteiger partial charge on any atom is 0.325 e. The average Bonchev–Trinajstić information content (AvgIpc) is 3.14. The molecular formula is C20H23N5O4. The molecule has 0 aliphatic heterocycles. The van der Waals surface area contributed by atoms with Gasteiger partial charge in [0.15, 0.2) is 0 Å². The van der Waals surface area contributed by atoms with Gasteiger partial charge in [0.1, 0.15) is 17.3 Å². The van der Waals surface area contributed by atoms with Crippen LogP contribution in [0.2, 0.25) is 0 Å². The Kier molecular flexibility index (Phi) is 6.64. The van der Waals surface area contributed by atoms with Gasteiger partial charge in [-0.3, -0.25) is 9.88 Å². The molecule has 2 heterocycles. The number of nitrogens with one attached hydrogen (secondary N) is 3. The van der Waals surface area contributed by atoms with Gasteiger partial charge in [0.05, 0.1) is 12.1 Å². The van der Waals surface area contributed by atoms with Crippen molar-refractivity contribution in [2.75, 3.05) is 32.1 Å². The summed E-state index contributed by atoms with van der Waals surface area (Å²) in [6.07, 6.45) is 3.25. The van der Waals surface area contributed by atoms with Gasteiger partial charge >= 0.3 is 12.1 Å². The van der Waals surface area contributed by atoms with Gasteiger partial charge in [-0.1, -0.05) is 0 Å². The number of amides is 3. The summed E-state index contributed by atoms with van der Waals surface area (Å²) in [5.41, 5.74) is 0.775. The first kappa shape index (κ1) is 20.2. The van der Waals surface area contributed by atoms with E-state index in [4.69, 9.17) is 9.47 Å². The monoisotopic (exact) mass is 397 g/mol. The van der Waals surface area contributed by atoms with Gasteiger partial charge in [0, 0.05) is 44.0 Å². The third-order valence-electron chi connectivity index (χ3n) is 4.04.